The van der Waals surface area contributed by atoms with E-state index in [0.29, 0.717) is 0 Å². The maximum absolute atomic E-state index is 12.7. The molecular weight excluding hydrogens is 424 g/mol. The minimum atomic E-state index is -3.76. The molecule has 0 aliphatic heterocycles. The van der Waals surface area contributed by atoms with E-state index in [9.17, 15) is 13.2 Å². The summed E-state index contributed by atoms with van der Waals surface area (Å²) < 4.78 is 29.5. The summed E-state index contributed by atoms with van der Waals surface area (Å²) in [5, 5.41) is 2.99. The van der Waals surface area contributed by atoms with Crippen molar-refractivity contribution < 1.29 is 13.2 Å². The van der Waals surface area contributed by atoms with Crippen molar-refractivity contribution in [3.05, 3.63) is 77.3 Å². The number of aromatic nitrogens is 2. The number of benzene rings is 2. The highest BCUT2D eigenvalue weighted by Crippen LogP contribution is 2.27. The molecule has 2 N–H and O–H groups in total. The van der Waals surface area contributed by atoms with Gasteiger partial charge in [0.1, 0.15) is 4.90 Å². The molecule has 3 aromatic rings. The summed E-state index contributed by atoms with van der Waals surface area (Å²) >= 11 is 6.09. The maximum Gasteiger partial charge on any atom is 0.251 e. The number of carbonyl (C=O) groups is 1. The molecule has 0 bridgehead atoms. The first-order valence-electron chi connectivity index (χ1n) is 9.54. The first kappa shape index (κ1) is 20.6. The number of sulfonamides is 1. The average molecular weight is 445 g/mol. The van der Waals surface area contributed by atoms with Gasteiger partial charge in [-0.25, -0.2) is 18.1 Å². The molecule has 1 aliphatic rings. The van der Waals surface area contributed by atoms with Crippen molar-refractivity contribution in [2.24, 2.45) is 0 Å². The van der Waals surface area contributed by atoms with Crippen LogP contribution < -0.4 is 10.0 Å². The molecular formula is C21H21ClN4O3S. The zero-order chi connectivity index (χ0) is 21.3. The van der Waals surface area contributed by atoms with Crippen LogP contribution in [-0.2, 0) is 10.0 Å². The van der Waals surface area contributed by atoms with Crippen LogP contribution in [0.1, 0.15) is 41.7 Å². The van der Waals surface area contributed by atoms with Crippen molar-refractivity contribution in [1.82, 2.24) is 19.6 Å². The third kappa shape index (κ3) is 4.56. The standard InChI is InChI=1S/C21H21ClN4O3S/c1-14(15-2-7-18(8-3-15)26-11-10-23-13-26)24-21(27)16-4-9-19(22)20(12-16)30(28,29)25-17-5-6-17/h2-4,7-14,17,25H,5-6H2,1H3,(H,24,27)/t14-/m1/s1. The summed E-state index contributed by atoms with van der Waals surface area (Å²) in [6, 6.07) is 11.7. The number of hydrogen-bond acceptors (Lipinski definition) is 4. The summed E-state index contributed by atoms with van der Waals surface area (Å²) in [4.78, 5) is 16.7. The first-order chi connectivity index (χ1) is 14.3. The molecule has 1 atom stereocenters. The van der Waals surface area contributed by atoms with E-state index in [4.69, 9.17) is 11.6 Å². The number of carbonyl (C=O) groups excluding carboxylic acids is 1. The van der Waals surface area contributed by atoms with Crippen LogP contribution in [0.2, 0.25) is 5.02 Å². The minimum absolute atomic E-state index is 0.0473. The monoisotopic (exact) mass is 444 g/mol. The Balaban J connectivity index is 1.48. The molecule has 1 fully saturated rings. The summed E-state index contributed by atoms with van der Waals surface area (Å²) in [5.74, 6) is -0.374. The molecule has 1 saturated carbocycles. The van der Waals surface area contributed by atoms with Crippen LogP contribution in [0.5, 0.6) is 0 Å². The topological polar surface area (TPSA) is 93.1 Å². The van der Waals surface area contributed by atoms with Crippen LogP contribution in [0.25, 0.3) is 5.69 Å². The van der Waals surface area contributed by atoms with Crippen LogP contribution in [0.15, 0.2) is 66.1 Å². The number of nitrogens with zero attached hydrogens (tertiary/aromatic N) is 2. The van der Waals surface area contributed by atoms with Crippen molar-refractivity contribution >= 4 is 27.5 Å². The molecule has 4 rings (SSSR count). The Morgan fingerprint density at radius 3 is 2.57 bits per heavy atom. The van der Waals surface area contributed by atoms with Crippen LogP contribution in [0.4, 0.5) is 0 Å². The van der Waals surface area contributed by atoms with Gasteiger partial charge in [-0.05, 0) is 55.7 Å². The van der Waals surface area contributed by atoms with Gasteiger partial charge in [-0.2, -0.15) is 0 Å². The van der Waals surface area contributed by atoms with Gasteiger partial charge in [0.2, 0.25) is 10.0 Å². The van der Waals surface area contributed by atoms with E-state index in [2.05, 4.69) is 15.0 Å². The van der Waals surface area contributed by atoms with Gasteiger partial charge in [-0.1, -0.05) is 23.7 Å². The highest BCUT2D eigenvalue weighted by molar-refractivity contribution is 7.89. The molecule has 0 spiro atoms. The van der Waals surface area contributed by atoms with E-state index in [1.807, 2.05) is 42.0 Å². The molecule has 7 nitrogen and oxygen atoms in total. The number of imidazole rings is 1. The molecule has 1 aromatic heterocycles. The SMILES string of the molecule is C[C@@H](NC(=O)c1ccc(Cl)c(S(=O)(=O)NC2CC2)c1)c1ccc(-n2ccnc2)cc1. The summed E-state index contributed by atoms with van der Waals surface area (Å²) in [7, 11) is -3.76. The van der Waals surface area contributed by atoms with Crippen LogP contribution in [0.3, 0.4) is 0 Å². The van der Waals surface area contributed by atoms with Gasteiger partial charge in [0, 0.05) is 29.7 Å². The molecule has 0 saturated heterocycles. The lowest BCUT2D eigenvalue weighted by Crippen LogP contribution is -2.28. The third-order valence-corrected chi connectivity index (χ3v) is 6.93. The second-order valence-corrected chi connectivity index (χ2v) is 9.39. The highest BCUT2D eigenvalue weighted by Gasteiger charge is 2.29. The molecule has 30 heavy (non-hydrogen) atoms. The Morgan fingerprint density at radius 2 is 1.93 bits per heavy atom. The largest absolute Gasteiger partial charge is 0.346 e. The smallest absolute Gasteiger partial charge is 0.251 e. The van der Waals surface area contributed by atoms with Crippen molar-refractivity contribution in [2.45, 2.75) is 36.7 Å². The molecule has 1 aliphatic carbocycles. The van der Waals surface area contributed by atoms with Crippen LogP contribution >= 0.6 is 11.6 Å². The van der Waals surface area contributed by atoms with Gasteiger partial charge in [0.05, 0.1) is 17.4 Å². The van der Waals surface area contributed by atoms with Crippen molar-refractivity contribution in [3.63, 3.8) is 0 Å². The van der Waals surface area contributed by atoms with Gasteiger partial charge in [0.15, 0.2) is 0 Å². The first-order valence-corrected chi connectivity index (χ1v) is 11.4. The zero-order valence-electron chi connectivity index (χ0n) is 16.2. The van der Waals surface area contributed by atoms with Gasteiger partial charge in [0.25, 0.3) is 5.91 Å². The lowest BCUT2D eigenvalue weighted by molar-refractivity contribution is 0.0939. The van der Waals surface area contributed by atoms with Crippen LogP contribution in [0, 0.1) is 0 Å². The maximum atomic E-state index is 12.7. The lowest BCUT2D eigenvalue weighted by Gasteiger charge is -2.16. The van der Waals surface area contributed by atoms with Gasteiger partial charge in [-0.15, -0.1) is 0 Å². The Labute approximate surface area is 180 Å². The van der Waals surface area contributed by atoms with Gasteiger partial charge < -0.3 is 9.88 Å². The third-order valence-electron chi connectivity index (χ3n) is 4.93. The van der Waals surface area contributed by atoms with Crippen LogP contribution in [-0.4, -0.2) is 29.9 Å². The Morgan fingerprint density at radius 1 is 1.20 bits per heavy atom. The lowest BCUT2D eigenvalue weighted by atomic mass is 10.1. The second kappa shape index (κ2) is 8.22. The molecule has 0 radical (unpaired) electrons. The minimum Gasteiger partial charge on any atom is -0.346 e. The molecule has 0 unspecified atom stereocenters. The second-order valence-electron chi connectivity index (χ2n) is 7.30. The Bertz CT molecular complexity index is 1160. The van der Waals surface area contributed by atoms with Gasteiger partial charge in [-0.3, -0.25) is 4.79 Å². The predicted molar refractivity (Wildman–Crippen MR) is 114 cm³/mol. The Kier molecular flexibility index (Phi) is 5.64. The van der Waals surface area contributed by atoms with Gasteiger partial charge >= 0.3 is 0 Å². The summed E-state index contributed by atoms with van der Waals surface area (Å²) in [6.07, 6.45) is 6.90. The van der Waals surface area contributed by atoms with E-state index in [1.54, 1.807) is 12.5 Å². The van der Waals surface area contributed by atoms with E-state index in [0.717, 1.165) is 24.1 Å². The number of rotatable bonds is 7. The normalized spacial score (nSPS) is 15.0. The molecule has 1 heterocycles. The number of amides is 1. The number of hydrogen-bond donors (Lipinski definition) is 2. The Hall–Kier alpha value is -2.68. The molecule has 9 heteroatoms. The molecule has 156 valence electrons. The quantitative estimate of drug-likeness (QED) is 0.583. The average Bonchev–Trinajstić information content (AvgIpc) is 3.35. The van der Waals surface area contributed by atoms with Crippen molar-refractivity contribution in [2.75, 3.05) is 0 Å². The fraction of sp³-hybridized carbons (Fsp3) is 0.238. The van der Waals surface area contributed by atoms with E-state index < -0.39 is 10.0 Å². The summed E-state index contributed by atoms with van der Waals surface area (Å²) in [5.41, 5.74) is 2.12. The fourth-order valence-electron chi connectivity index (χ4n) is 3.04. The summed E-state index contributed by atoms with van der Waals surface area (Å²) in [6.45, 7) is 1.87. The fourth-order valence-corrected chi connectivity index (χ4v) is 4.88. The molecule has 2 aromatic carbocycles. The number of halogens is 1. The zero-order valence-corrected chi connectivity index (χ0v) is 17.8. The highest BCUT2D eigenvalue weighted by atomic mass is 35.5. The van der Waals surface area contributed by atoms with Crippen molar-refractivity contribution in [3.8, 4) is 5.69 Å². The van der Waals surface area contributed by atoms with E-state index >= 15 is 0 Å². The number of nitrogens with one attached hydrogen (secondary N) is 2. The van der Waals surface area contributed by atoms with E-state index in [-0.39, 0.29) is 33.5 Å². The molecule has 1 amide bonds. The van der Waals surface area contributed by atoms with E-state index in [1.165, 1.54) is 18.2 Å². The predicted octanol–water partition coefficient (Wildman–Crippen LogP) is 3.46. The van der Waals surface area contributed by atoms with Crippen molar-refractivity contribution in [1.29, 1.82) is 0 Å².